The number of carbonyl (C=O) groups excluding carboxylic acids is 2. The van der Waals surface area contributed by atoms with Gasteiger partial charge in [0.25, 0.3) is 5.91 Å². The van der Waals surface area contributed by atoms with Gasteiger partial charge in [0.2, 0.25) is 0 Å². The maximum atomic E-state index is 13.4. The van der Waals surface area contributed by atoms with E-state index in [-0.39, 0.29) is 17.6 Å². The summed E-state index contributed by atoms with van der Waals surface area (Å²) < 4.78 is 12.7. The van der Waals surface area contributed by atoms with Gasteiger partial charge in [0.05, 0.1) is 41.6 Å². The number of ether oxygens (including phenoxy) is 2. The zero-order valence-corrected chi connectivity index (χ0v) is 20.6. The van der Waals surface area contributed by atoms with Gasteiger partial charge in [-0.3, -0.25) is 4.79 Å². The van der Waals surface area contributed by atoms with Crippen molar-refractivity contribution in [2.75, 3.05) is 20.3 Å². The van der Waals surface area contributed by atoms with Crippen molar-refractivity contribution in [3.8, 4) is 5.69 Å². The molecule has 0 radical (unpaired) electrons. The Morgan fingerprint density at radius 3 is 2.64 bits per heavy atom. The predicted molar refractivity (Wildman–Crippen MR) is 129 cm³/mol. The van der Waals surface area contributed by atoms with Crippen LogP contribution in [0.4, 0.5) is 0 Å². The fourth-order valence-corrected chi connectivity index (χ4v) is 5.06. The Morgan fingerprint density at radius 2 is 2.00 bits per heavy atom. The second-order valence-corrected chi connectivity index (χ2v) is 9.16. The summed E-state index contributed by atoms with van der Waals surface area (Å²) >= 11 is 12.5. The van der Waals surface area contributed by atoms with Gasteiger partial charge in [-0.25, -0.2) is 4.79 Å². The van der Waals surface area contributed by atoms with E-state index in [1.165, 1.54) is 7.11 Å². The Hall–Kier alpha value is -2.54. The molecule has 0 bridgehead atoms. The smallest absolute Gasteiger partial charge is 0.340 e. The molecule has 8 heteroatoms. The van der Waals surface area contributed by atoms with Gasteiger partial charge in [0, 0.05) is 28.7 Å². The molecule has 2 aromatic rings. The molecule has 2 aliphatic heterocycles. The van der Waals surface area contributed by atoms with Crippen LogP contribution in [0.2, 0.25) is 10.0 Å². The third-order valence-corrected chi connectivity index (χ3v) is 6.77. The first-order chi connectivity index (χ1) is 15.7. The van der Waals surface area contributed by atoms with Crippen LogP contribution in [0.25, 0.3) is 11.8 Å². The van der Waals surface area contributed by atoms with Crippen LogP contribution in [0.5, 0.6) is 0 Å². The normalized spacial score (nSPS) is 19.8. The van der Waals surface area contributed by atoms with Crippen LogP contribution in [0.1, 0.15) is 36.7 Å². The molecule has 1 aromatic heterocycles. The molecule has 3 heterocycles. The number of benzene rings is 1. The van der Waals surface area contributed by atoms with Gasteiger partial charge in [0.1, 0.15) is 0 Å². The molecule has 33 heavy (non-hydrogen) atoms. The number of hydrogen-bond donors (Lipinski definition) is 0. The molecule has 0 spiro atoms. The number of rotatable bonds is 5. The minimum atomic E-state index is -0.531. The standard InChI is InChI=1S/C25H26Cl2N2O4/c1-14-10-17(15(2)29(14)22-8-7-18(26)12-21(22)27)11-20-23(25(31)32-4)16(3)28(24(20)30)13-19-6-5-9-33-19/h7-8,10-12,19H,5-6,9,13H2,1-4H3/b20-11-. The summed E-state index contributed by atoms with van der Waals surface area (Å²) in [4.78, 5) is 27.7. The van der Waals surface area contributed by atoms with E-state index in [4.69, 9.17) is 32.7 Å². The summed E-state index contributed by atoms with van der Waals surface area (Å²) in [5, 5.41) is 1.08. The molecule has 1 unspecified atom stereocenters. The molecule has 1 amide bonds. The number of amides is 1. The SMILES string of the molecule is COC(=O)C1=C(C)N(CC2CCCO2)C(=O)/C1=C\c1cc(C)n(-c2ccc(Cl)cc2Cl)c1C. The molecule has 0 aliphatic carbocycles. The largest absolute Gasteiger partial charge is 0.465 e. The first kappa shape index (κ1) is 23.6. The second kappa shape index (κ2) is 9.37. The second-order valence-electron chi connectivity index (χ2n) is 8.32. The van der Waals surface area contributed by atoms with E-state index in [2.05, 4.69) is 0 Å². The van der Waals surface area contributed by atoms with Crippen molar-refractivity contribution in [2.24, 2.45) is 0 Å². The number of hydrogen-bond acceptors (Lipinski definition) is 4. The average molecular weight is 489 g/mol. The first-order valence-electron chi connectivity index (χ1n) is 10.8. The predicted octanol–water partition coefficient (Wildman–Crippen LogP) is 5.25. The highest BCUT2D eigenvalue weighted by Gasteiger charge is 2.38. The lowest BCUT2D eigenvalue weighted by Gasteiger charge is -2.21. The molecule has 1 atom stereocenters. The van der Waals surface area contributed by atoms with E-state index in [1.54, 1.807) is 30.0 Å². The maximum absolute atomic E-state index is 13.4. The Morgan fingerprint density at radius 1 is 1.24 bits per heavy atom. The quantitative estimate of drug-likeness (QED) is 0.425. The lowest BCUT2D eigenvalue weighted by atomic mass is 10.0. The fraction of sp³-hybridized carbons (Fsp3) is 0.360. The summed E-state index contributed by atoms with van der Waals surface area (Å²) in [6.45, 7) is 6.80. The monoisotopic (exact) mass is 488 g/mol. The van der Waals surface area contributed by atoms with Gasteiger partial charge in [-0.15, -0.1) is 0 Å². The first-order valence-corrected chi connectivity index (χ1v) is 11.6. The van der Waals surface area contributed by atoms with Crippen LogP contribution in [0.3, 0.4) is 0 Å². The summed E-state index contributed by atoms with van der Waals surface area (Å²) in [6.07, 6.45) is 3.60. The minimum absolute atomic E-state index is 0.0285. The number of halogens is 2. The van der Waals surface area contributed by atoms with Crippen LogP contribution in [0, 0.1) is 13.8 Å². The van der Waals surface area contributed by atoms with Crippen LogP contribution < -0.4 is 0 Å². The summed E-state index contributed by atoms with van der Waals surface area (Å²) in [7, 11) is 1.32. The molecule has 174 valence electrons. The molecule has 1 aromatic carbocycles. The van der Waals surface area contributed by atoms with Crippen molar-refractivity contribution >= 4 is 41.2 Å². The molecular weight excluding hydrogens is 463 g/mol. The zero-order valence-electron chi connectivity index (χ0n) is 19.1. The Bertz CT molecular complexity index is 1190. The van der Waals surface area contributed by atoms with Crippen molar-refractivity contribution in [1.29, 1.82) is 0 Å². The summed E-state index contributed by atoms with van der Waals surface area (Å²) in [5.41, 5.74) is 4.62. The number of aryl methyl sites for hydroxylation is 1. The Balaban J connectivity index is 1.77. The highest BCUT2D eigenvalue weighted by atomic mass is 35.5. The minimum Gasteiger partial charge on any atom is -0.465 e. The number of carbonyl (C=O) groups is 2. The third kappa shape index (κ3) is 4.35. The highest BCUT2D eigenvalue weighted by molar-refractivity contribution is 6.35. The number of allylic oxidation sites excluding steroid dienone is 1. The van der Waals surface area contributed by atoms with Gasteiger partial charge in [-0.2, -0.15) is 0 Å². The lowest BCUT2D eigenvalue weighted by molar-refractivity contribution is -0.136. The van der Waals surface area contributed by atoms with E-state index < -0.39 is 5.97 Å². The van der Waals surface area contributed by atoms with Crippen LogP contribution in [-0.2, 0) is 19.1 Å². The number of esters is 1. The summed E-state index contributed by atoms with van der Waals surface area (Å²) in [6, 6.07) is 7.30. The molecule has 0 N–H and O–H groups in total. The van der Waals surface area contributed by atoms with Crippen LogP contribution in [-0.4, -0.2) is 47.7 Å². The molecule has 1 fully saturated rings. The van der Waals surface area contributed by atoms with E-state index in [0.717, 1.165) is 35.5 Å². The van der Waals surface area contributed by atoms with Crippen LogP contribution >= 0.6 is 23.2 Å². The van der Waals surface area contributed by atoms with E-state index in [1.807, 2.05) is 30.5 Å². The van der Waals surface area contributed by atoms with Gasteiger partial charge < -0.3 is 18.9 Å². The van der Waals surface area contributed by atoms with Gasteiger partial charge in [0.15, 0.2) is 0 Å². The molecule has 6 nitrogen and oxygen atoms in total. The van der Waals surface area contributed by atoms with Gasteiger partial charge in [-0.1, -0.05) is 23.2 Å². The van der Waals surface area contributed by atoms with Crippen molar-refractivity contribution in [3.05, 3.63) is 68.1 Å². The fourth-order valence-electron chi connectivity index (χ4n) is 4.56. The average Bonchev–Trinajstić information content (AvgIpc) is 3.44. The van der Waals surface area contributed by atoms with Crippen molar-refractivity contribution < 1.29 is 19.1 Å². The van der Waals surface area contributed by atoms with Crippen LogP contribution in [0.15, 0.2) is 41.1 Å². The van der Waals surface area contributed by atoms with E-state index in [0.29, 0.717) is 34.5 Å². The number of nitrogens with zero attached hydrogens (tertiary/aromatic N) is 2. The Kier molecular flexibility index (Phi) is 6.71. The van der Waals surface area contributed by atoms with Crippen molar-refractivity contribution in [3.63, 3.8) is 0 Å². The van der Waals surface area contributed by atoms with Crippen molar-refractivity contribution in [1.82, 2.24) is 9.47 Å². The van der Waals surface area contributed by atoms with Crippen molar-refractivity contribution in [2.45, 2.75) is 39.7 Å². The molecular formula is C25H26Cl2N2O4. The number of aromatic nitrogens is 1. The molecule has 2 aliphatic rings. The molecule has 0 saturated carbocycles. The molecule has 1 saturated heterocycles. The lowest BCUT2D eigenvalue weighted by Crippen LogP contribution is -2.33. The third-order valence-electron chi connectivity index (χ3n) is 6.23. The highest BCUT2D eigenvalue weighted by Crippen LogP contribution is 2.35. The summed E-state index contributed by atoms with van der Waals surface area (Å²) in [5.74, 6) is -0.755. The van der Waals surface area contributed by atoms with E-state index in [9.17, 15) is 9.59 Å². The molecule has 4 rings (SSSR count). The maximum Gasteiger partial charge on any atom is 0.340 e. The zero-order chi connectivity index (χ0) is 23.9. The topological polar surface area (TPSA) is 60.8 Å². The van der Waals surface area contributed by atoms with E-state index >= 15 is 0 Å². The van der Waals surface area contributed by atoms with Gasteiger partial charge in [-0.05, 0) is 69.5 Å². The van der Waals surface area contributed by atoms with Gasteiger partial charge >= 0.3 is 5.97 Å². The Labute approximate surface area is 203 Å². The number of methoxy groups -OCH3 is 1.